The molecule has 2 aromatic rings. The van der Waals surface area contributed by atoms with E-state index in [9.17, 15) is 4.79 Å². The van der Waals surface area contributed by atoms with Crippen molar-refractivity contribution in [2.45, 2.75) is 60.8 Å². The van der Waals surface area contributed by atoms with Crippen molar-refractivity contribution in [3.63, 3.8) is 0 Å². The highest BCUT2D eigenvalue weighted by Gasteiger charge is 2.16. The highest BCUT2D eigenvalue weighted by atomic mass is 16.5. The predicted molar refractivity (Wildman–Crippen MR) is 137 cm³/mol. The van der Waals surface area contributed by atoms with Gasteiger partial charge in [0.25, 0.3) is 0 Å². The molecule has 0 aliphatic heterocycles. The molecule has 178 valence electrons. The second-order valence-electron chi connectivity index (χ2n) is 6.87. The van der Waals surface area contributed by atoms with E-state index in [1.54, 1.807) is 28.4 Å². The van der Waals surface area contributed by atoms with Crippen LogP contribution < -0.4 is 0 Å². The molecule has 0 bridgehead atoms. The molecule has 2 aromatic carbocycles. The number of Topliss-reactive ketones (excluding diaryl/α,β-unsaturated/α-hetero) is 1. The zero-order valence-corrected chi connectivity index (χ0v) is 21.8. The van der Waals surface area contributed by atoms with Gasteiger partial charge in [0, 0.05) is 40.8 Å². The van der Waals surface area contributed by atoms with Gasteiger partial charge in [0.2, 0.25) is 0 Å². The number of carbonyl (C=O) groups excluding carboxylic acids is 1. The van der Waals surface area contributed by atoms with E-state index in [4.69, 9.17) is 0 Å². The fraction of sp³-hybridized carbons (Fsp3) is 0.536. The molecule has 0 aromatic heterocycles. The lowest BCUT2D eigenvalue weighted by atomic mass is 9.89. The van der Waals surface area contributed by atoms with Crippen molar-refractivity contribution in [3.8, 4) is 0 Å². The van der Waals surface area contributed by atoms with Crippen molar-refractivity contribution in [3.05, 3.63) is 71.8 Å². The SMILES string of the molecule is CC.CC.CC(CC(=O)C(C)Cc1ccccc1)Cc1ccccc1.COC.COC. The van der Waals surface area contributed by atoms with Crippen LogP contribution in [-0.4, -0.2) is 34.2 Å². The van der Waals surface area contributed by atoms with Gasteiger partial charge < -0.3 is 9.47 Å². The first kappa shape index (κ1) is 33.7. The lowest BCUT2D eigenvalue weighted by Gasteiger charge is -2.15. The molecule has 2 rings (SSSR count). The smallest absolute Gasteiger partial charge is 0.136 e. The Hall–Kier alpha value is -1.97. The van der Waals surface area contributed by atoms with Gasteiger partial charge in [0.05, 0.1) is 0 Å². The first-order valence-electron chi connectivity index (χ1n) is 11.4. The van der Waals surface area contributed by atoms with Crippen molar-refractivity contribution in [1.82, 2.24) is 0 Å². The summed E-state index contributed by atoms with van der Waals surface area (Å²) in [5, 5.41) is 0. The zero-order chi connectivity index (χ0) is 24.5. The van der Waals surface area contributed by atoms with Crippen LogP contribution in [0.2, 0.25) is 0 Å². The third-order valence-electron chi connectivity index (χ3n) is 3.91. The highest BCUT2D eigenvalue weighted by molar-refractivity contribution is 5.81. The average Bonchev–Trinajstić information content (AvgIpc) is 2.79. The van der Waals surface area contributed by atoms with Crippen LogP contribution in [0.4, 0.5) is 0 Å². The summed E-state index contributed by atoms with van der Waals surface area (Å²) in [6.07, 6.45) is 2.49. The van der Waals surface area contributed by atoms with Gasteiger partial charge in [-0.1, -0.05) is 102 Å². The Morgan fingerprint density at radius 2 is 1.00 bits per heavy atom. The summed E-state index contributed by atoms with van der Waals surface area (Å²) < 4.78 is 8.50. The lowest BCUT2D eigenvalue weighted by molar-refractivity contribution is -0.123. The summed E-state index contributed by atoms with van der Waals surface area (Å²) in [6, 6.07) is 20.7. The Balaban J connectivity index is -0.000000675. The summed E-state index contributed by atoms with van der Waals surface area (Å²) in [6.45, 7) is 12.2. The third-order valence-corrected chi connectivity index (χ3v) is 3.91. The molecule has 0 saturated heterocycles. The maximum absolute atomic E-state index is 12.3. The summed E-state index contributed by atoms with van der Waals surface area (Å²) in [5.74, 6) is 0.881. The first-order valence-corrected chi connectivity index (χ1v) is 11.4. The predicted octanol–water partition coefficient (Wildman–Crippen LogP) is 7.28. The van der Waals surface area contributed by atoms with E-state index in [1.165, 1.54) is 11.1 Å². The zero-order valence-electron chi connectivity index (χ0n) is 21.8. The van der Waals surface area contributed by atoms with Gasteiger partial charge in [-0.25, -0.2) is 0 Å². The molecule has 0 fully saturated rings. The summed E-state index contributed by atoms with van der Waals surface area (Å²) in [7, 11) is 6.50. The molecule has 0 spiro atoms. The van der Waals surface area contributed by atoms with Crippen LogP contribution in [0.25, 0.3) is 0 Å². The fourth-order valence-electron chi connectivity index (χ4n) is 2.71. The number of methoxy groups -OCH3 is 2. The second-order valence-corrected chi connectivity index (χ2v) is 6.87. The second kappa shape index (κ2) is 26.1. The average molecular weight is 433 g/mol. The standard InChI is InChI=1S/C20H24O.2C2H6O.2C2H6/c1-16(13-18-9-5-3-6-10-18)14-20(21)17(2)15-19-11-7-4-8-12-19;2*1-3-2;2*1-2/h3-12,16-17H,13-15H2,1-2H3;2*1-2H3;2*1-2H3. The maximum atomic E-state index is 12.3. The van der Waals surface area contributed by atoms with E-state index < -0.39 is 0 Å². The highest BCUT2D eigenvalue weighted by Crippen LogP contribution is 2.17. The number of ketones is 1. The van der Waals surface area contributed by atoms with Crippen LogP contribution in [0.1, 0.15) is 59.1 Å². The maximum Gasteiger partial charge on any atom is 0.136 e. The van der Waals surface area contributed by atoms with E-state index in [-0.39, 0.29) is 5.92 Å². The third kappa shape index (κ3) is 21.1. The molecular formula is C28H48O3. The molecule has 0 amide bonds. The summed E-state index contributed by atoms with van der Waals surface area (Å²) in [5.41, 5.74) is 2.56. The molecule has 0 N–H and O–H groups in total. The van der Waals surface area contributed by atoms with Crippen LogP contribution in [0.15, 0.2) is 60.7 Å². The van der Waals surface area contributed by atoms with Crippen molar-refractivity contribution in [2.24, 2.45) is 11.8 Å². The molecule has 0 aliphatic carbocycles. The van der Waals surface area contributed by atoms with Crippen LogP contribution in [0.5, 0.6) is 0 Å². The Kier molecular flexibility index (Phi) is 28.3. The van der Waals surface area contributed by atoms with Crippen molar-refractivity contribution < 1.29 is 14.3 Å². The molecule has 0 heterocycles. The molecule has 2 atom stereocenters. The Labute approximate surface area is 193 Å². The van der Waals surface area contributed by atoms with Crippen molar-refractivity contribution in [1.29, 1.82) is 0 Å². The van der Waals surface area contributed by atoms with Crippen LogP contribution in [0.3, 0.4) is 0 Å². The monoisotopic (exact) mass is 432 g/mol. The van der Waals surface area contributed by atoms with Crippen LogP contribution in [0, 0.1) is 11.8 Å². The first-order chi connectivity index (χ1) is 15.0. The van der Waals surface area contributed by atoms with E-state index in [2.05, 4.69) is 52.8 Å². The molecule has 3 nitrogen and oxygen atoms in total. The van der Waals surface area contributed by atoms with Gasteiger partial charge in [0.15, 0.2) is 0 Å². The summed E-state index contributed by atoms with van der Waals surface area (Å²) in [4.78, 5) is 12.3. The Morgan fingerprint density at radius 1 is 0.677 bits per heavy atom. The number of carbonyl (C=O) groups is 1. The van der Waals surface area contributed by atoms with Gasteiger partial charge in [-0.05, 0) is 29.9 Å². The Bertz CT molecular complexity index is 580. The normalized spacial score (nSPS) is 10.8. The fourth-order valence-corrected chi connectivity index (χ4v) is 2.71. The molecule has 0 radical (unpaired) electrons. The van der Waals surface area contributed by atoms with E-state index in [0.717, 1.165) is 12.8 Å². The van der Waals surface area contributed by atoms with Crippen molar-refractivity contribution in [2.75, 3.05) is 28.4 Å². The molecular weight excluding hydrogens is 384 g/mol. The lowest BCUT2D eigenvalue weighted by Crippen LogP contribution is -2.17. The number of hydrogen-bond donors (Lipinski definition) is 0. The largest absolute Gasteiger partial charge is 0.388 e. The van der Waals surface area contributed by atoms with Gasteiger partial charge >= 0.3 is 0 Å². The van der Waals surface area contributed by atoms with E-state index in [0.29, 0.717) is 18.1 Å². The van der Waals surface area contributed by atoms with Gasteiger partial charge in [0.1, 0.15) is 5.78 Å². The van der Waals surface area contributed by atoms with Gasteiger partial charge in [-0.3, -0.25) is 4.79 Å². The number of benzene rings is 2. The van der Waals surface area contributed by atoms with Gasteiger partial charge in [-0.15, -0.1) is 0 Å². The summed E-state index contributed by atoms with van der Waals surface area (Å²) >= 11 is 0. The minimum absolute atomic E-state index is 0.102. The quantitative estimate of drug-likeness (QED) is 0.461. The topological polar surface area (TPSA) is 35.5 Å². The molecule has 31 heavy (non-hydrogen) atoms. The number of rotatable bonds is 7. The molecule has 3 heteroatoms. The van der Waals surface area contributed by atoms with Crippen molar-refractivity contribution >= 4 is 5.78 Å². The number of ether oxygens (including phenoxy) is 2. The van der Waals surface area contributed by atoms with Crippen LogP contribution in [-0.2, 0) is 27.1 Å². The minimum Gasteiger partial charge on any atom is -0.388 e. The van der Waals surface area contributed by atoms with E-state index in [1.807, 2.05) is 58.9 Å². The van der Waals surface area contributed by atoms with Gasteiger partial charge in [-0.2, -0.15) is 0 Å². The molecule has 2 unspecified atom stereocenters. The number of hydrogen-bond acceptors (Lipinski definition) is 3. The van der Waals surface area contributed by atoms with Crippen LogP contribution >= 0.6 is 0 Å². The molecule has 0 saturated carbocycles. The van der Waals surface area contributed by atoms with E-state index >= 15 is 0 Å². The minimum atomic E-state index is 0.102. The Morgan fingerprint density at radius 3 is 1.35 bits per heavy atom. The molecule has 0 aliphatic rings.